The molecule has 0 fully saturated rings. The molecule has 2 nitrogen and oxygen atoms in total. The van der Waals surface area contributed by atoms with Gasteiger partial charge in [-0.25, -0.2) is 0 Å². The second-order valence-electron chi connectivity index (χ2n) is 3.53. The van der Waals surface area contributed by atoms with Gasteiger partial charge in [0.2, 0.25) is 0 Å². The van der Waals surface area contributed by atoms with Crippen molar-refractivity contribution in [3.8, 4) is 5.75 Å². The molecule has 0 amide bonds. The Hall–Kier alpha value is -1.02. The average molecular weight is 177 g/mol. The molecule has 1 aromatic carbocycles. The highest BCUT2D eigenvalue weighted by Gasteiger charge is 2.24. The minimum Gasteiger partial charge on any atom is -0.489 e. The van der Waals surface area contributed by atoms with E-state index in [-0.39, 0.29) is 6.10 Å². The van der Waals surface area contributed by atoms with Crippen LogP contribution in [0.25, 0.3) is 0 Å². The third-order valence-electron chi connectivity index (χ3n) is 2.66. The Labute approximate surface area is 78.9 Å². The standard InChI is InChI=1S/C11H15NO/c1-8-10(12-2)7-9-5-3-4-6-11(9)13-8/h3-6,8,10,12H,7H2,1-2H3/t8-,10-/m0/s1. The van der Waals surface area contributed by atoms with E-state index in [1.165, 1.54) is 5.56 Å². The van der Waals surface area contributed by atoms with Gasteiger partial charge in [0, 0.05) is 6.04 Å². The molecule has 13 heavy (non-hydrogen) atoms. The van der Waals surface area contributed by atoms with Crippen LogP contribution in [0.2, 0.25) is 0 Å². The zero-order chi connectivity index (χ0) is 9.26. The first-order chi connectivity index (χ1) is 6.31. The zero-order valence-electron chi connectivity index (χ0n) is 8.08. The molecule has 1 aliphatic heterocycles. The number of nitrogens with one attached hydrogen (secondary N) is 1. The molecule has 1 N–H and O–H groups in total. The summed E-state index contributed by atoms with van der Waals surface area (Å²) in [6.07, 6.45) is 1.33. The normalized spacial score (nSPS) is 26.3. The molecule has 2 rings (SSSR count). The van der Waals surface area contributed by atoms with Gasteiger partial charge in [0.1, 0.15) is 11.9 Å². The van der Waals surface area contributed by atoms with Gasteiger partial charge in [0.25, 0.3) is 0 Å². The van der Waals surface area contributed by atoms with Crippen LogP contribution >= 0.6 is 0 Å². The van der Waals surface area contributed by atoms with Crippen molar-refractivity contribution in [3.63, 3.8) is 0 Å². The topological polar surface area (TPSA) is 21.3 Å². The number of ether oxygens (including phenoxy) is 1. The molecule has 70 valence electrons. The number of hydrogen-bond acceptors (Lipinski definition) is 2. The van der Waals surface area contributed by atoms with Crippen molar-refractivity contribution in [2.24, 2.45) is 0 Å². The lowest BCUT2D eigenvalue weighted by molar-refractivity contribution is 0.154. The van der Waals surface area contributed by atoms with E-state index in [0.29, 0.717) is 6.04 Å². The van der Waals surface area contributed by atoms with E-state index in [2.05, 4.69) is 24.4 Å². The highest BCUT2D eigenvalue weighted by atomic mass is 16.5. The molecule has 2 atom stereocenters. The summed E-state index contributed by atoms with van der Waals surface area (Å²) in [6.45, 7) is 2.11. The molecule has 0 saturated heterocycles. The highest BCUT2D eigenvalue weighted by molar-refractivity contribution is 5.36. The second kappa shape index (κ2) is 3.38. The first-order valence-corrected chi connectivity index (χ1v) is 4.73. The van der Waals surface area contributed by atoms with Gasteiger partial charge in [-0.2, -0.15) is 0 Å². The number of rotatable bonds is 1. The number of para-hydroxylation sites is 1. The maximum Gasteiger partial charge on any atom is 0.123 e. The number of hydrogen-bond donors (Lipinski definition) is 1. The van der Waals surface area contributed by atoms with Crippen molar-refractivity contribution in [1.82, 2.24) is 5.32 Å². The molecule has 0 aromatic heterocycles. The lowest BCUT2D eigenvalue weighted by Gasteiger charge is -2.31. The number of benzene rings is 1. The molecule has 0 saturated carbocycles. The Morgan fingerprint density at radius 1 is 1.38 bits per heavy atom. The van der Waals surface area contributed by atoms with E-state index < -0.39 is 0 Å². The van der Waals surface area contributed by atoms with Gasteiger partial charge in [-0.05, 0) is 32.0 Å². The van der Waals surface area contributed by atoms with Crippen LogP contribution in [-0.2, 0) is 6.42 Å². The predicted molar refractivity (Wildman–Crippen MR) is 53.1 cm³/mol. The van der Waals surface area contributed by atoms with Crippen LogP contribution in [0.5, 0.6) is 5.75 Å². The van der Waals surface area contributed by atoms with Crippen molar-refractivity contribution in [2.75, 3.05) is 7.05 Å². The predicted octanol–water partition coefficient (Wildman–Crippen LogP) is 1.60. The van der Waals surface area contributed by atoms with Gasteiger partial charge in [0.15, 0.2) is 0 Å². The summed E-state index contributed by atoms with van der Waals surface area (Å²) in [5.74, 6) is 1.04. The van der Waals surface area contributed by atoms with E-state index in [1.54, 1.807) is 0 Å². The Balaban J connectivity index is 2.27. The lowest BCUT2D eigenvalue weighted by atomic mass is 9.98. The van der Waals surface area contributed by atoms with Crippen molar-refractivity contribution in [2.45, 2.75) is 25.5 Å². The fourth-order valence-electron chi connectivity index (χ4n) is 1.81. The highest BCUT2D eigenvalue weighted by Crippen LogP contribution is 2.26. The van der Waals surface area contributed by atoms with Crippen LogP contribution in [0.15, 0.2) is 24.3 Å². The minimum atomic E-state index is 0.264. The van der Waals surface area contributed by atoms with Crippen LogP contribution in [0, 0.1) is 0 Å². The minimum absolute atomic E-state index is 0.264. The van der Waals surface area contributed by atoms with Crippen molar-refractivity contribution < 1.29 is 4.74 Å². The maximum absolute atomic E-state index is 5.77. The van der Waals surface area contributed by atoms with Crippen molar-refractivity contribution >= 4 is 0 Å². The van der Waals surface area contributed by atoms with Crippen LogP contribution in [0.3, 0.4) is 0 Å². The second-order valence-corrected chi connectivity index (χ2v) is 3.53. The molecule has 0 radical (unpaired) electrons. The Morgan fingerprint density at radius 3 is 2.92 bits per heavy atom. The Morgan fingerprint density at radius 2 is 2.15 bits per heavy atom. The third-order valence-corrected chi connectivity index (χ3v) is 2.66. The summed E-state index contributed by atoms with van der Waals surface area (Å²) < 4.78 is 5.77. The molecule has 1 heterocycles. The van der Waals surface area contributed by atoms with Crippen LogP contribution < -0.4 is 10.1 Å². The third kappa shape index (κ3) is 1.54. The Kier molecular flexibility index (Phi) is 2.23. The molecule has 0 spiro atoms. The molecule has 1 aliphatic rings. The van der Waals surface area contributed by atoms with Crippen molar-refractivity contribution in [1.29, 1.82) is 0 Å². The summed E-state index contributed by atoms with van der Waals surface area (Å²) >= 11 is 0. The molecule has 2 heteroatoms. The lowest BCUT2D eigenvalue weighted by Crippen LogP contribution is -2.43. The van der Waals surface area contributed by atoms with Crippen molar-refractivity contribution in [3.05, 3.63) is 29.8 Å². The van der Waals surface area contributed by atoms with Gasteiger partial charge in [-0.15, -0.1) is 0 Å². The van der Waals surface area contributed by atoms with E-state index in [9.17, 15) is 0 Å². The SMILES string of the molecule is CN[C@H]1Cc2ccccc2O[C@H]1C. The van der Waals surface area contributed by atoms with E-state index in [1.807, 2.05) is 19.2 Å². The largest absolute Gasteiger partial charge is 0.489 e. The quantitative estimate of drug-likeness (QED) is 0.703. The van der Waals surface area contributed by atoms with E-state index >= 15 is 0 Å². The van der Waals surface area contributed by atoms with Crippen LogP contribution in [0.1, 0.15) is 12.5 Å². The zero-order valence-corrected chi connectivity index (χ0v) is 8.08. The molecule has 0 aliphatic carbocycles. The van der Waals surface area contributed by atoms with Gasteiger partial charge in [0.05, 0.1) is 0 Å². The molecule has 1 aromatic rings. The van der Waals surface area contributed by atoms with Gasteiger partial charge in [-0.1, -0.05) is 18.2 Å². The summed E-state index contributed by atoms with van der Waals surface area (Å²) in [5, 5.41) is 3.27. The summed E-state index contributed by atoms with van der Waals surface area (Å²) in [5.41, 5.74) is 1.31. The maximum atomic E-state index is 5.77. The monoisotopic (exact) mass is 177 g/mol. The van der Waals surface area contributed by atoms with Gasteiger partial charge >= 0.3 is 0 Å². The Bertz CT molecular complexity index is 298. The fraction of sp³-hybridized carbons (Fsp3) is 0.455. The molecule has 0 bridgehead atoms. The molecular formula is C11H15NO. The van der Waals surface area contributed by atoms with Gasteiger partial charge in [-0.3, -0.25) is 0 Å². The number of fused-ring (bicyclic) bond motifs is 1. The smallest absolute Gasteiger partial charge is 0.123 e. The summed E-state index contributed by atoms with van der Waals surface area (Å²) in [6, 6.07) is 8.69. The first-order valence-electron chi connectivity index (χ1n) is 4.73. The average Bonchev–Trinajstić information content (AvgIpc) is 2.17. The van der Waals surface area contributed by atoms with Crippen LogP contribution in [-0.4, -0.2) is 19.2 Å². The summed E-state index contributed by atoms with van der Waals surface area (Å²) in [7, 11) is 1.98. The van der Waals surface area contributed by atoms with Crippen LogP contribution in [0.4, 0.5) is 0 Å². The number of likely N-dealkylation sites (N-methyl/N-ethyl adjacent to an activating group) is 1. The summed E-state index contributed by atoms with van der Waals surface area (Å²) in [4.78, 5) is 0. The fourth-order valence-corrected chi connectivity index (χ4v) is 1.81. The first kappa shape index (κ1) is 8.57. The molecule has 0 unspecified atom stereocenters. The molecular weight excluding hydrogens is 162 g/mol. The van der Waals surface area contributed by atoms with E-state index in [0.717, 1.165) is 12.2 Å². The van der Waals surface area contributed by atoms with Gasteiger partial charge < -0.3 is 10.1 Å². The van der Waals surface area contributed by atoms with E-state index in [4.69, 9.17) is 4.74 Å².